The zero-order valence-electron chi connectivity index (χ0n) is 13.9. The van der Waals surface area contributed by atoms with Crippen LogP contribution in [0.25, 0.3) is 0 Å². The van der Waals surface area contributed by atoms with Crippen LogP contribution in [0, 0.1) is 0 Å². The highest BCUT2D eigenvalue weighted by molar-refractivity contribution is 6.03. The van der Waals surface area contributed by atoms with Crippen LogP contribution in [0.5, 0.6) is 0 Å². The van der Waals surface area contributed by atoms with Gasteiger partial charge in [-0.25, -0.2) is 4.79 Å². The second-order valence-electron chi connectivity index (χ2n) is 6.05. The van der Waals surface area contributed by atoms with Crippen molar-refractivity contribution in [3.05, 3.63) is 84.4 Å². The third kappa shape index (κ3) is 3.86. The van der Waals surface area contributed by atoms with Gasteiger partial charge in [-0.05, 0) is 17.5 Å². The van der Waals surface area contributed by atoms with Gasteiger partial charge < -0.3 is 4.74 Å². The first-order chi connectivity index (χ1) is 12.2. The quantitative estimate of drug-likeness (QED) is 0.498. The van der Waals surface area contributed by atoms with Crippen molar-refractivity contribution in [3.8, 4) is 0 Å². The fourth-order valence-corrected chi connectivity index (χ4v) is 3.04. The molecule has 2 aromatic rings. The van der Waals surface area contributed by atoms with Crippen LogP contribution in [0.1, 0.15) is 36.1 Å². The van der Waals surface area contributed by atoms with Gasteiger partial charge >= 0.3 is 5.97 Å². The molecule has 1 N–H and O–H groups in total. The second kappa shape index (κ2) is 7.90. The molecule has 128 valence electrons. The van der Waals surface area contributed by atoms with Gasteiger partial charge in [0, 0.05) is 6.42 Å². The molecule has 1 aliphatic heterocycles. The van der Waals surface area contributed by atoms with Gasteiger partial charge in [-0.3, -0.25) is 10.1 Å². The summed E-state index contributed by atoms with van der Waals surface area (Å²) in [5.41, 5.74) is 1.87. The van der Waals surface area contributed by atoms with Crippen molar-refractivity contribution in [1.29, 1.82) is 0 Å². The van der Waals surface area contributed by atoms with Gasteiger partial charge in [0.1, 0.15) is 6.10 Å². The van der Waals surface area contributed by atoms with Gasteiger partial charge in [0.25, 0.3) is 0 Å². The molecular weight excluding hydrogens is 314 g/mol. The van der Waals surface area contributed by atoms with E-state index in [1.165, 1.54) is 0 Å². The largest absolute Gasteiger partial charge is 0.454 e. The first-order valence-electron chi connectivity index (χ1n) is 8.40. The Morgan fingerprint density at radius 3 is 2.24 bits per heavy atom. The molecule has 1 saturated heterocycles. The molecule has 3 rings (SSSR count). The molecule has 3 atom stereocenters. The Balaban J connectivity index is 1.91. The number of carbonyl (C=O) groups excluding carboxylic acids is 2. The lowest BCUT2D eigenvalue weighted by Gasteiger charge is -2.36. The summed E-state index contributed by atoms with van der Waals surface area (Å²) in [5.74, 6) is -0.688. The number of cyclic esters (lactones) is 1. The number of ketones is 1. The number of esters is 1. The van der Waals surface area contributed by atoms with Crippen molar-refractivity contribution in [3.63, 3.8) is 0 Å². The fraction of sp³-hybridized carbons (Fsp3) is 0.238. The minimum absolute atomic E-state index is 0.169. The lowest BCUT2D eigenvalue weighted by Crippen LogP contribution is -2.52. The Labute approximate surface area is 147 Å². The molecule has 1 fully saturated rings. The average molecular weight is 335 g/mol. The van der Waals surface area contributed by atoms with Gasteiger partial charge in [-0.1, -0.05) is 66.7 Å². The SMILES string of the molecule is C=CCCC(=O)C1N[C@@H](c2ccccc2)[C@@H](c2ccccc2)OC1=O. The number of rotatable bonds is 6. The molecule has 0 radical (unpaired) electrons. The lowest BCUT2D eigenvalue weighted by molar-refractivity contribution is -0.163. The Bertz CT molecular complexity index is 742. The van der Waals surface area contributed by atoms with E-state index in [1.807, 2.05) is 60.7 Å². The van der Waals surface area contributed by atoms with Crippen molar-refractivity contribution < 1.29 is 14.3 Å². The van der Waals surface area contributed by atoms with Crippen molar-refractivity contribution >= 4 is 11.8 Å². The van der Waals surface area contributed by atoms with Crippen molar-refractivity contribution in [2.75, 3.05) is 0 Å². The molecule has 0 bridgehead atoms. The van der Waals surface area contributed by atoms with E-state index in [1.54, 1.807) is 6.08 Å². The predicted octanol–water partition coefficient (Wildman–Crippen LogP) is 3.52. The summed E-state index contributed by atoms with van der Waals surface area (Å²) in [6.45, 7) is 3.62. The molecule has 0 saturated carbocycles. The number of nitrogens with one attached hydrogen (secondary N) is 1. The van der Waals surface area contributed by atoms with E-state index in [2.05, 4.69) is 11.9 Å². The van der Waals surface area contributed by atoms with Crippen LogP contribution < -0.4 is 5.32 Å². The molecule has 2 aromatic carbocycles. The zero-order valence-corrected chi connectivity index (χ0v) is 13.9. The van der Waals surface area contributed by atoms with E-state index in [-0.39, 0.29) is 18.2 Å². The molecular formula is C21H21NO3. The topological polar surface area (TPSA) is 55.4 Å². The minimum atomic E-state index is -0.940. The third-order valence-corrected chi connectivity index (χ3v) is 4.33. The number of hydrogen-bond donors (Lipinski definition) is 1. The molecule has 0 amide bonds. The number of ether oxygens (including phenoxy) is 1. The van der Waals surface area contributed by atoms with Gasteiger partial charge in [0.15, 0.2) is 11.8 Å². The monoisotopic (exact) mass is 335 g/mol. The number of benzene rings is 2. The van der Waals surface area contributed by atoms with E-state index in [4.69, 9.17) is 4.74 Å². The van der Waals surface area contributed by atoms with E-state index >= 15 is 0 Å². The summed E-state index contributed by atoms with van der Waals surface area (Å²) in [6, 6.07) is 18.1. The van der Waals surface area contributed by atoms with E-state index < -0.39 is 18.1 Å². The van der Waals surface area contributed by atoms with Crippen LogP contribution in [0.15, 0.2) is 73.3 Å². The van der Waals surface area contributed by atoms with E-state index in [9.17, 15) is 9.59 Å². The number of hydrogen-bond acceptors (Lipinski definition) is 4. The minimum Gasteiger partial charge on any atom is -0.454 e. The number of Topliss-reactive ketones (excluding diaryl/α,β-unsaturated/α-hetero) is 1. The highest BCUT2D eigenvalue weighted by Crippen LogP contribution is 2.36. The van der Waals surface area contributed by atoms with E-state index in [0.29, 0.717) is 6.42 Å². The number of morpholine rings is 1. The van der Waals surface area contributed by atoms with Gasteiger partial charge in [0.05, 0.1) is 6.04 Å². The highest BCUT2D eigenvalue weighted by Gasteiger charge is 2.41. The van der Waals surface area contributed by atoms with Gasteiger partial charge in [-0.15, -0.1) is 6.58 Å². The summed E-state index contributed by atoms with van der Waals surface area (Å²) in [5, 5.41) is 3.22. The molecule has 1 unspecified atom stereocenters. The zero-order chi connectivity index (χ0) is 17.6. The van der Waals surface area contributed by atoms with Crippen molar-refractivity contribution in [2.24, 2.45) is 0 Å². The molecule has 0 spiro atoms. The van der Waals surface area contributed by atoms with Gasteiger partial charge in [-0.2, -0.15) is 0 Å². The molecule has 1 aliphatic rings. The number of carbonyl (C=O) groups is 2. The maximum absolute atomic E-state index is 12.4. The number of allylic oxidation sites excluding steroid dienone is 1. The van der Waals surface area contributed by atoms with Crippen LogP contribution in [-0.4, -0.2) is 17.8 Å². The normalized spacial score (nSPS) is 22.9. The average Bonchev–Trinajstić information content (AvgIpc) is 2.67. The third-order valence-electron chi connectivity index (χ3n) is 4.33. The summed E-state index contributed by atoms with van der Waals surface area (Å²) in [6.07, 6.45) is 2.02. The van der Waals surface area contributed by atoms with Crippen LogP contribution in [0.2, 0.25) is 0 Å². The van der Waals surface area contributed by atoms with E-state index in [0.717, 1.165) is 11.1 Å². The van der Waals surface area contributed by atoms with Crippen molar-refractivity contribution in [1.82, 2.24) is 5.32 Å². The Morgan fingerprint density at radius 1 is 1.04 bits per heavy atom. The summed E-state index contributed by atoms with van der Waals surface area (Å²) >= 11 is 0. The summed E-state index contributed by atoms with van der Waals surface area (Å²) in [7, 11) is 0. The molecule has 4 heteroatoms. The lowest BCUT2D eigenvalue weighted by atomic mass is 9.92. The highest BCUT2D eigenvalue weighted by atomic mass is 16.5. The maximum Gasteiger partial charge on any atom is 0.331 e. The summed E-state index contributed by atoms with van der Waals surface area (Å²) in [4.78, 5) is 24.8. The van der Waals surface area contributed by atoms with Crippen LogP contribution in [0.4, 0.5) is 0 Å². The Kier molecular flexibility index (Phi) is 5.41. The second-order valence-corrected chi connectivity index (χ2v) is 6.05. The molecule has 25 heavy (non-hydrogen) atoms. The summed E-state index contributed by atoms with van der Waals surface area (Å²) < 4.78 is 5.71. The fourth-order valence-electron chi connectivity index (χ4n) is 3.04. The molecule has 0 aliphatic carbocycles. The van der Waals surface area contributed by atoms with Crippen LogP contribution in [-0.2, 0) is 14.3 Å². The van der Waals surface area contributed by atoms with Gasteiger partial charge in [0.2, 0.25) is 0 Å². The maximum atomic E-state index is 12.4. The standard InChI is InChI=1S/C21H21NO3/c1-2-3-14-17(23)19-21(24)25-20(16-12-8-5-9-13-16)18(22-19)15-10-6-4-7-11-15/h2,4-13,18-20,22H,1,3,14H2/t18-,19?,20+/m0/s1. The molecule has 1 heterocycles. The first-order valence-corrected chi connectivity index (χ1v) is 8.40. The van der Waals surface area contributed by atoms with Crippen LogP contribution >= 0.6 is 0 Å². The molecule has 0 aromatic heterocycles. The first kappa shape index (κ1) is 17.1. The molecule has 4 nitrogen and oxygen atoms in total. The van der Waals surface area contributed by atoms with Crippen molar-refractivity contribution in [2.45, 2.75) is 31.0 Å². The predicted molar refractivity (Wildman–Crippen MR) is 95.8 cm³/mol. The Morgan fingerprint density at radius 2 is 1.64 bits per heavy atom. The smallest absolute Gasteiger partial charge is 0.331 e. The Hall–Kier alpha value is -2.72. The van der Waals surface area contributed by atoms with Crippen LogP contribution in [0.3, 0.4) is 0 Å².